The Morgan fingerprint density at radius 2 is 1.91 bits per heavy atom. The number of phenols is 1. The first kappa shape index (κ1) is 23.1. The van der Waals surface area contributed by atoms with Crippen LogP contribution < -0.4 is 5.32 Å². The smallest absolute Gasteiger partial charge is 0.337 e. The lowest BCUT2D eigenvalue weighted by molar-refractivity contribution is -0.144. The van der Waals surface area contributed by atoms with Crippen LogP contribution in [-0.4, -0.2) is 23.0 Å². The van der Waals surface area contributed by atoms with E-state index in [0.29, 0.717) is 46.7 Å². The van der Waals surface area contributed by atoms with E-state index in [1.807, 2.05) is 51.1 Å². The fourth-order valence-corrected chi connectivity index (χ4v) is 4.77. The number of phenolic OH excluding ortho intramolecular Hbond substituents is 1. The first-order valence-electron chi connectivity index (χ1n) is 11.3. The maximum absolute atomic E-state index is 13.5. The van der Waals surface area contributed by atoms with Gasteiger partial charge in [0, 0.05) is 34.3 Å². The van der Waals surface area contributed by atoms with E-state index >= 15 is 0 Å². The van der Waals surface area contributed by atoms with Crippen molar-refractivity contribution in [1.29, 1.82) is 0 Å². The summed E-state index contributed by atoms with van der Waals surface area (Å²) in [7, 11) is 0. The SMILES string of the molecule is CC[C@@H](C)OC(=O)C1=C(C)NC2=C(C(=O)C[C@H](c3ccc(Cl)cc3)C2)[C@H]1c1cccc(O)c1. The van der Waals surface area contributed by atoms with E-state index in [9.17, 15) is 14.7 Å². The molecule has 5 nitrogen and oxygen atoms in total. The van der Waals surface area contributed by atoms with Gasteiger partial charge in [-0.3, -0.25) is 4.79 Å². The van der Waals surface area contributed by atoms with Gasteiger partial charge in [-0.15, -0.1) is 0 Å². The maximum atomic E-state index is 13.5. The number of hydrogen-bond donors (Lipinski definition) is 2. The summed E-state index contributed by atoms with van der Waals surface area (Å²) in [5.41, 5.74) is 4.22. The maximum Gasteiger partial charge on any atom is 0.337 e. The molecule has 0 fully saturated rings. The van der Waals surface area contributed by atoms with Gasteiger partial charge in [0.1, 0.15) is 5.75 Å². The predicted octanol–water partition coefficient (Wildman–Crippen LogP) is 5.75. The number of ether oxygens (including phenoxy) is 1. The Labute approximate surface area is 199 Å². The summed E-state index contributed by atoms with van der Waals surface area (Å²) in [6.45, 7) is 5.64. The van der Waals surface area contributed by atoms with E-state index in [2.05, 4.69) is 5.32 Å². The molecule has 0 saturated heterocycles. The van der Waals surface area contributed by atoms with Crippen molar-refractivity contribution < 1.29 is 19.4 Å². The number of carbonyl (C=O) groups is 2. The standard InChI is InChI=1S/C27H28ClNO4/c1-4-15(2)33-27(32)24-16(3)29-22-13-19(17-8-10-20(28)11-9-17)14-23(31)26(22)25(24)18-6-5-7-21(30)12-18/h5-12,15,19,25,29-30H,4,13-14H2,1-3H3/t15-,19-,25+/m1/s1. The summed E-state index contributed by atoms with van der Waals surface area (Å²) in [4.78, 5) is 26.8. The van der Waals surface area contributed by atoms with Gasteiger partial charge in [-0.05, 0) is 68.0 Å². The minimum absolute atomic E-state index is 0.0154. The normalized spacial score (nSPS) is 21.4. The summed E-state index contributed by atoms with van der Waals surface area (Å²) in [5, 5.41) is 14.1. The van der Waals surface area contributed by atoms with Crippen LogP contribution >= 0.6 is 11.6 Å². The molecule has 1 heterocycles. The molecule has 2 aromatic rings. The predicted molar refractivity (Wildman–Crippen MR) is 128 cm³/mol. The van der Waals surface area contributed by atoms with Crippen molar-refractivity contribution in [3.05, 3.63) is 87.2 Å². The molecule has 0 unspecified atom stereocenters. The van der Waals surface area contributed by atoms with E-state index in [-0.39, 0.29) is 23.6 Å². The summed E-state index contributed by atoms with van der Waals surface area (Å²) in [5.74, 6) is -0.945. The van der Waals surface area contributed by atoms with Crippen molar-refractivity contribution in [3.8, 4) is 5.75 Å². The van der Waals surface area contributed by atoms with Gasteiger partial charge >= 0.3 is 5.97 Å². The van der Waals surface area contributed by atoms with Gasteiger partial charge in [0.05, 0.1) is 11.7 Å². The number of esters is 1. The summed E-state index contributed by atoms with van der Waals surface area (Å²) in [6.07, 6.45) is 1.43. The van der Waals surface area contributed by atoms with Crippen molar-refractivity contribution in [2.24, 2.45) is 0 Å². The first-order chi connectivity index (χ1) is 15.8. The molecule has 1 aliphatic heterocycles. The van der Waals surface area contributed by atoms with Gasteiger partial charge in [0.15, 0.2) is 5.78 Å². The molecule has 172 valence electrons. The Morgan fingerprint density at radius 3 is 2.58 bits per heavy atom. The number of carbonyl (C=O) groups excluding carboxylic acids is 2. The Hall–Kier alpha value is -3.05. The highest BCUT2D eigenvalue weighted by Crippen LogP contribution is 2.46. The number of benzene rings is 2. The lowest BCUT2D eigenvalue weighted by atomic mass is 9.71. The molecule has 0 amide bonds. The third kappa shape index (κ3) is 4.69. The Bertz CT molecular complexity index is 1150. The molecule has 4 rings (SSSR count). The molecule has 0 radical (unpaired) electrons. The third-order valence-electron chi connectivity index (χ3n) is 6.48. The van der Waals surface area contributed by atoms with Crippen molar-refractivity contribution >= 4 is 23.4 Å². The van der Waals surface area contributed by atoms with Crippen molar-refractivity contribution in [2.45, 2.75) is 58.0 Å². The number of dihydropyridines is 1. The monoisotopic (exact) mass is 465 g/mol. The molecule has 0 aromatic heterocycles. The summed E-state index contributed by atoms with van der Waals surface area (Å²) in [6, 6.07) is 14.3. The van der Waals surface area contributed by atoms with Crippen LogP contribution in [0.5, 0.6) is 5.75 Å². The zero-order valence-corrected chi connectivity index (χ0v) is 19.8. The Morgan fingerprint density at radius 1 is 1.18 bits per heavy atom. The Kier molecular flexibility index (Phi) is 6.61. The fraction of sp³-hybridized carbons (Fsp3) is 0.333. The Balaban J connectivity index is 1.78. The summed E-state index contributed by atoms with van der Waals surface area (Å²) >= 11 is 6.04. The van der Waals surface area contributed by atoms with E-state index in [4.69, 9.17) is 16.3 Å². The molecular weight excluding hydrogens is 438 g/mol. The number of aromatic hydroxyl groups is 1. The molecule has 6 heteroatoms. The number of halogens is 1. The van der Waals surface area contributed by atoms with Gasteiger partial charge in [-0.25, -0.2) is 4.79 Å². The number of ketones is 1. The van der Waals surface area contributed by atoms with Crippen molar-refractivity contribution in [2.75, 3.05) is 0 Å². The van der Waals surface area contributed by atoms with Crippen LogP contribution in [0.4, 0.5) is 0 Å². The van der Waals surface area contributed by atoms with E-state index in [1.165, 1.54) is 0 Å². The molecule has 2 aliphatic rings. The lowest BCUT2D eigenvalue weighted by Gasteiger charge is -2.37. The fourth-order valence-electron chi connectivity index (χ4n) is 4.65. The quantitative estimate of drug-likeness (QED) is 0.550. The second-order valence-corrected chi connectivity index (χ2v) is 9.22. The molecule has 3 atom stereocenters. The second-order valence-electron chi connectivity index (χ2n) is 8.79. The van der Waals surface area contributed by atoms with Crippen LogP contribution in [0.2, 0.25) is 5.02 Å². The largest absolute Gasteiger partial charge is 0.508 e. The molecule has 0 bridgehead atoms. The summed E-state index contributed by atoms with van der Waals surface area (Å²) < 4.78 is 5.66. The van der Waals surface area contributed by atoms with Crippen molar-refractivity contribution in [1.82, 2.24) is 5.32 Å². The van der Waals surface area contributed by atoms with Crippen LogP contribution in [0, 0.1) is 0 Å². The van der Waals surface area contributed by atoms with E-state index in [1.54, 1.807) is 18.2 Å². The molecule has 2 N–H and O–H groups in total. The minimum Gasteiger partial charge on any atom is -0.508 e. The zero-order valence-electron chi connectivity index (χ0n) is 19.0. The molecule has 33 heavy (non-hydrogen) atoms. The number of hydrogen-bond acceptors (Lipinski definition) is 5. The molecule has 2 aromatic carbocycles. The average molecular weight is 466 g/mol. The zero-order chi connectivity index (χ0) is 23.7. The van der Waals surface area contributed by atoms with Crippen LogP contribution in [0.1, 0.15) is 63.0 Å². The minimum atomic E-state index is -0.594. The third-order valence-corrected chi connectivity index (χ3v) is 6.73. The van der Waals surface area contributed by atoms with Crippen LogP contribution in [0.3, 0.4) is 0 Å². The highest BCUT2D eigenvalue weighted by atomic mass is 35.5. The number of rotatable bonds is 5. The van der Waals surface area contributed by atoms with Gasteiger partial charge in [-0.1, -0.05) is 42.8 Å². The van der Waals surface area contributed by atoms with Crippen molar-refractivity contribution in [3.63, 3.8) is 0 Å². The van der Waals surface area contributed by atoms with Gasteiger partial charge in [-0.2, -0.15) is 0 Å². The van der Waals surface area contributed by atoms with Crippen LogP contribution in [-0.2, 0) is 14.3 Å². The van der Waals surface area contributed by atoms with Crippen LogP contribution in [0.15, 0.2) is 71.1 Å². The highest BCUT2D eigenvalue weighted by Gasteiger charge is 2.41. The average Bonchev–Trinajstić information content (AvgIpc) is 2.78. The first-order valence-corrected chi connectivity index (χ1v) is 11.7. The molecule has 0 saturated carbocycles. The molecule has 0 spiro atoms. The van der Waals surface area contributed by atoms with E-state index < -0.39 is 11.9 Å². The number of allylic oxidation sites excluding steroid dienone is 3. The highest BCUT2D eigenvalue weighted by molar-refractivity contribution is 6.30. The second kappa shape index (κ2) is 9.44. The number of nitrogens with one attached hydrogen (secondary N) is 1. The lowest BCUT2D eigenvalue weighted by Crippen LogP contribution is -2.36. The molecular formula is C27H28ClNO4. The van der Waals surface area contributed by atoms with Crippen LogP contribution in [0.25, 0.3) is 0 Å². The number of Topliss-reactive ketones (excluding diaryl/α,β-unsaturated/α-hetero) is 1. The van der Waals surface area contributed by atoms with Gasteiger partial charge in [0.2, 0.25) is 0 Å². The van der Waals surface area contributed by atoms with Gasteiger partial charge in [0.25, 0.3) is 0 Å². The van der Waals surface area contributed by atoms with Gasteiger partial charge < -0.3 is 15.2 Å². The topological polar surface area (TPSA) is 75.6 Å². The molecule has 1 aliphatic carbocycles. The van der Waals surface area contributed by atoms with E-state index in [0.717, 1.165) is 11.3 Å².